The summed E-state index contributed by atoms with van der Waals surface area (Å²) in [5.41, 5.74) is 5.65. The van der Waals surface area contributed by atoms with Crippen LogP contribution in [0.15, 0.2) is 10.5 Å². The molecule has 0 aliphatic heterocycles. The van der Waals surface area contributed by atoms with Crippen LogP contribution >= 0.6 is 15.9 Å². The van der Waals surface area contributed by atoms with Crippen molar-refractivity contribution in [3.8, 4) is 11.5 Å². The Morgan fingerprint density at radius 3 is 2.64 bits per heavy atom. The number of phenolic OH excluding ortho intramolecular Hbond substituents is 2. The van der Waals surface area contributed by atoms with Gasteiger partial charge >= 0.3 is 0 Å². The van der Waals surface area contributed by atoms with Crippen LogP contribution in [0.2, 0.25) is 0 Å². The Kier molecular flexibility index (Phi) is 3.71. The van der Waals surface area contributed by atoms with Crippen molar-refractivity contribution in [3.05, 3.63) is 21.9 Å². The molecule has 0 aliphatic carbocycles. The Morgan fingerprint density at radius 2 is 2.07 bits per heavy atom. The molecule has 78 valence electrons. The van der Waals surface area contributed by atoms with Crippen molar-refractivity contribution in [2.45, 2.75) is 12.8 Å². The zero-order chi connectivity index (χ0) is 10.7. The number of aromatic hydroxyl groups is 2. The molecule has 0 atom stereocenters. The van der Waals surface area contributed by atoms with Crippen molar-refractivity contribution >= 4 is 15.9 Å². The molecule has 1 rings (SSSR count). The van der Waals surface area contributed by atoms with Crippen molar-refractivity contribution in [2.24, 2.45) is 5.73 Å². The van der Waals surface area contributed by atoms with E-state index in [2.05, 4.69) is 15.9 Å². The second kappa shape index (κ2) is 4.61. The summed E-state index contributed by atoms with van der Waals surface area (Å²) < 4.78 is 13.3. The molecule has 0 fully saturated rings. The van der Waals surface area contributed by atoms with E-state index in [0.29, 0.717) is 24.9 Å². The SMILES string of the molecule is NCCCc1c(O)c(O)cc(F)c1Br. The van der Waals surface area contributed by atoms with Crippen LogP contribution in [0.5, 0.6) is 11.5 Å². The molecule has 0 unspecified atom stereocenters. The molecule has 0 heterocycles. The Morgan fingerprint density at radius 1 is 1.43 bits per heavy atom. The van der Waals surface area contributed by atoms with Crippen LogP contribution in [0.4, 0.5) is 4.39 Å². The highest BCUT2D eigenvalue weighted by molar-refractivity contribution is 9.10. The molecule has 0 aromatic heterocycles. The van der Waals surface area contributed by atoms with Crippen LogP contribution in [0.1, 0.15) is 12.0 Å². The number of phenols is 2. The van der Waals surface area contributed by atoms with Crippen molar-refractivity contribution < 1.29 is 14.6 Å². The Bertz CT molecular complexity index is 318. The summed E-state index contributed by atoms with van der Waals surface area (Å²) in [6.45, 7) is 0.448. The van der Waals surface area contributed by atoms with Crippen LogP contribution in [0.25, 0.3) is 0 Å². The lowest BCUT2D eigenvalue weighted by molar-refractivity contribution is 0.394. The van der Waals surface area contributed by atoms with Crippen molar-refractivity contribution in [2.75, 3.05) is 6.54 Å². The Labute approximate surface area is 89.5 Å². The molecule has 1 aromatic rings. The van der Waals surface area contributed by atoms with E-state index in [0.717, 1.165) is 6.07 Å². The van der Waals surface area contributed by atoms with Crippen LogP contribution in [0.3, 0.4) is 0 Å². The summed E-state index contributed by atoms with van der Waals surface area (Å²) in [4.78, 5) is 0. The third kappa shape index (κ3) is 2.16. The first-order chi connectivity index (χ1) is 6.57. The first-order valence-corrected chi connectivity index (χ1v) is 4.96. The van der Waals surface area contributed by atoms with Crippen molar-refractivity contribution in [1.82, 2.24) is 0 Å². The van der Waals surface area contributed by atoms with E-state index >= 15 is 0 Å². The van der Waals surface area contributed by atoms with Gasteiger partial charge in [-0.1, -0.05) is 0 Å². The standard InChI is InChI=1S/C9H11BrFNO2/c10-8-5(2-1-3-12)9(14)7(13)4-6(8)11/h4,13-14H,1-3,12H2. The third-order valence-corrected chi connectivity index (χ3v) is 2.75. The van der Waals surface area contributed by atoms with E-state index in [1.807, 2.05) is 0 Å². The molecular formula is C9H11BrFNO2. The van der Waals surface area contributed by atoms with E-state index in [1.54, 1.807) is 0 Å². The maximum Gasteiger partial charge on any atom is 0.162 e. The average Bonchev–Trinajstić information content (AvgIpc) is 2.15. The van der Waals surface area contributed by atoms with Crippen molar-refractivity contribution in [1.29, 1.82) is 0 Å². The van der Waals surface area contributed by atoms with Crippen LogP contribution in [-0.4, -0.2) is 16.8 Å². The zero-order valence-corrected chi connectivity index (χ0v) is 9.01. The summed E-state index contributed by atoms with van der Waals surface area (Å²) in [5, 5.41) is 18.6. The molecule has 0 bridgehead atoms. The van der Waals surface area contributed by atoms with Crippen LogP contribution in [0, 0.1) is 5.82 Å². The smallest absolute Gasteiger partial charge is 0.162 e. The molecule has 3 nitrogen and oxygen atoms in total. The highest BCUT2D eigenvalue weighted by atomic mass is 79.9. The summed E-state index contributed by atoms with van der Waals surface area (Å²) >= 11 is 3.01. The maximum atomic E-state index is 13.1. The van der Waals surface area contributed by atoms with E-state index in [1.165, 1.54) is 0 Å². The fraction of sp³-hybridized carbons (Fsp3) is 0.333. The first kappa shape index (κ1) is 11.3. The van der Waals surface area contributed by atoms with Gasteiger partial charge in [-0.2, -0.15) is 0 Å². The highest BCUT2D eigenvalue weighted by Crippen LogP contribution is 2.37. The summed E-state index contributed by atoms with van der Waals surface area (Å²) in [6, 6.07) is 0.866. The number of rotatable bonds is 3. The molecule has 0 spiro atoms. The molecule has 0 saturated carbocycles. The molecule has 0 radical (unpaired) electrons. The van der Waals surface area contributed by atoms with Crippen LogP contribution < -0.4 is 5.73 Å². The van der Waals surface area contributed by atoms with E-state index < -0.39 is 11.6 Å². The van der Waals surface area contributed by atoms with Gasteiger partial charge in [0.05, 0.1) is 4.47 Å². The maximum absolute atomic E-state index is 13.1. The lowest BCUT2D eigenvalue weighted by Gasteiger charge is -2.09. The summed E-state index contributed by atoms with van der Waals surface area (Å²) in [7, 11) is 0. The van der Waals surface area contributed by atoms with E-state index in [-0.39, 0.29) is 10.2 Å². The minimum Gasteiger partial charge on any atom is -0.504 e. The highest BCUT2D eigenvalue weighted by Gasteiger charge is 2.14. The predicted molar refractivity (Wildman–Crippen MR) is 54.8 cm³/mol. The normalized spacial score (nSPS) is 10.5. The van der Waals surface area contributed by atoms with Gasteiger partial charge in [0.2, 0.25) is 0 Å². The van der Waals surface area contributed by atoms with Gasteiger partial charge in [-0.05, 0) is 35.3 Å². The van der Waals surface area contributed by atoms with E-state index in [4.69, 9.17) is 10.8 Å². The number of halogens is 2. The minimum absolute atomic E-state index is 0.182. The number of nitrogens with two attached hydrogens (primary N) is 1. The quantitative estimate of drug-likeness (QED) is 0.730. The van der Waals surface area contributed by atoms with Gasteiger partial charge in [-0.25, -0.2) is 4.39 Å². The lowest BCUT2D eigenvalue weighted by Crippen LogP contribution is -2.01. The Balaban J connectivity index is 3.11. The fourth-order valence-electron chi connectivity index (χ4n) is 1.16. The number of hydrogen-bond acceptors (Lipinski definition) is 3. The summed E-state index contributed by atoms with van der Waals surface area (Å²) in [6.07, 6.45) is 1.04. The van der Waals surface area contributed by atoms with Gasteiger partial charge in [-0.3, -0.25) is 0 Å². The lowest BCUT2D eigenvalue weighted by atomic mass is 10.1. The molecule has 5 heteroatoms. The molecular weight excluding hydrogens is 253 g/mol. The third-order valence-electron chi connectivity index (χ3n) is 1.90. The molecule has 4 N–H and O–H groups in total. The van der Waals surface area contributed by atoms with Crippen LogP contribution in [-0.2, 0) is 6.42 Å². The van der Waals surface area contributed by atoms with Gasteiger partial charge in [-0.15, -0.1) is 0 Å². The Hall–Kier alpha value is -0.810. The predicted octanol–water partition coefficient (Wildman–Crippen LogP) is 1.89. The van der Waals surface area contributed by atoms with Crippen molar-refractivity contribution in [3.63, 3.8) is 0 Å². The average molecular weight is 264 g/mol. The second-order valence-electron chi connectivity index (χ2n) is 2.91. The molecule has 1 aromatic carbocycles. The molecule has 14 heavy (non-hydrogen) atoms. The van der Waals surface area contributed by atoms with Gasteiger partial charge < -0.3 is 15.9 Å². The zero-order valence-electron chi connectivity index (χ0n) is 7.43. The molecule has 0 amide bonds. The number of benzene rings is 1. The largest absolute Gasteiger partial charge is 0.504 e. The summed E-state index contributed by atoms with van der Waals surface area (Å²) in [5.74, 6) is -1.32. The fourth-order valence-corrected chi connectivity index (χ4v) is 1.66. The first-order valence-electron chi connectivity index (χ1n) is 4.16. The molecule has 0 aliphatic rings. The monoisotopic (exact) mass is 263 g/mol. The molecule has 0 saturated heterocycles. The van der Waals surface area contributed by atoms with Gasteiger partial charge in [0, 0.05) is 11.6 Å². The van der Waals surface area contributed by atoms with Gasteiger partial charge in [0.15, 0.2) is 11.5 Å². The van der Waals surface area contributed by atoms with Gasteiger partial charge in [0.25, 0.3) is 0 Å². The minimum atomic E-state index is -0.590. The second-order valence-corrected chi connectivity index (χ2v) is 3.70. The van der Waals surface area contributed by atoms with E-state index in [9.17, 15) is 9.50 Å². The number of hydrogen-bond donors (Lipinski definition) is 3. The van der Waals surface area contributed by atoms with Gasteiger partial charge in [0.1, 0.15) is 5.82 Å². The topological polar surface area (TPSA) is 66.5 Å².